The van der Waals surface area contributed by atoms with E-state index >= 15 is 0 Å². The molecule has 0 radical (unpaired) electrons. The first-order chi connectivity index (χ1) is 7.22. The fourth-order valence-corrected chi connectivity index (χ4v) is 1.43. The van der Waals surface area contributed by atoms with Crippen LogP contribution in [-0.4, -0.2) is 17.8 Å². The van der Waals surface area contributed by atoms with Crippen LogP contribution in [0.25, 0.3) is 0 Å². The fourth-order valence-electron chi connectivity index (χ4n) is 1.31. The lowest BCUT2D eigenvalue weighted by Crippen LogP contribution is -2.19. The molecule has 2 N–H and O–H groups in total. The third kappa shape index (κ3) is 5.17. The van der Waals surface area contributed by atoms with Gasteiger partial charge in [-0.05, 0) is 37.1 Å². The Labute approximate surface area is 96.3 Å². The van der Waals surface area contributed by atoms with Gasteiger partial charge in [-0.15, -0.1) is 0 Å². The van der Waals surface area contributed by atoms with Gasteiger partial charge in [0.2, 0.25) is 0 Å². The van der Waals surface area contributed by atoms with Crippen molar-refractivity contribution in [3.8, 4) is 0 Å². The second-order valence-corrected chi connectivity index (χ2v) is 4.09. The Morgan fingerprint density at radius 2 is 2.00 bits per heavy atom. The summed E-state index contributed by atoms with van der Waals surface area (Å²) in [6, 6.07) is 7.79. The Balaban J connectivity index is 2.17. The molecule has 0 aliphatic carbocycles. The SMILES string of the molecule is CCC(O)CCNCc1ccc(Cl)cc1. The van der Waals surface area contributed by atoms with Gasteiger partial charge in [-0.2, -0.15) is 0 Å². The van der Waals surface area contributed by atoms with Crippen LogP contribution in [0, 0.1) is 0 Å². The smallest absolute Gasteiger partial charge is 0.0549 e. The molecule has 3 heteroatoms. The number of aliphatic hydroxyl groups is 1. The van der Waals surface area contributed by atoms with Gasteiger partial charge in [-0.3, -0.25) is 0 Å². The molecule has 0 saturated carbocycles. The van der Waals surface area contributed by atoms with Gasteiger partial charge in [0.15, 0.2) is 0 Å². The van der Waals surface area contributed by atoms with Crippen molar-refractivity contribution in [1.82, 2.24) is 5.32 Å². The van der Waals surface area contributed by atoms with Crippen LogP contribution in [0.4, 0.5) is 0 Å². The Bertz CT molecular complexity index is 273. The lowest BCUT2D eigenvalue weighted by Gasteiger charge is -2.08. The summed E-state index contributed by atoms with van der Waals surface area (Å²) in [4.78, 5) is 0. The van der Waals surface area contributed by atoms with Crippen molar-refractivity contribution >= 4 is 11.6 Å². The highest BCUT2D eigenvalue weighted by molar-refractivity contribution is 6.30. The van der Waals surface area contributed by atoms with Gasteiger partial charge in [-0.1, -0.05) is 30.7 Å². The molecule has 0 saturated heterocycles. The van der Waals surface area contributed by atoms with Crippen LogP contribution >= 0.6 is 11.6 Å². The lowest BCUT2D eigenvalue weighted by molar-refractivity contribution is 0.159. The molecule has 1 aromatic rings. The number of hydrogen-bond donors (Lipinski definition) is 2. The minimum atomic E-state index is -0.178. The second kappa shape index (κ2) is 6.83. The molecular weight excluding hydrogens is 210 g/mol. The normalized spacial score (nSPS) is 12.7. The highest BCUT2D eigenvalue weighted by Gasteiger charge is 1.99. The van der Waals surface area contributed by atoms with Crippen molar-refractivity contribution in [1.29, 1.82) is 0 Å². The standard InChI is InChI=1S/C12H18ClNO/c1-2-12(15)7-8-14-9-10-3-5-11(13)6-4-10/h3-6,12,14-15H,2,7-9H2,1H3. The summed E-state index contributed by atoms with van der Waals surface area (Å²) in [6.45, 7) is 3.66. The summed E-state index contributed by atoms with van der Waals surface area (Å²) >= 11 is 5.78. The van der Waals surface area contributed by atoms with Gasteiger partial charge in [-0.25, -0.2) is 0 Å². The van der Waals surface area contributed by atoms with Gasteiger partial charge in [0.05, 0.1) is 6.10 Å². The molecule has 84 valence electrons. The summed E-state index contributed by atoms with van der Waals surface area (Å²) in [5.41, 5.74) is 1.21. The molecule has 1 atom stereocenters. The van der Waals surface area contributed by atoms with E-state index in [2.05, 4.69) is 5.32 Å². The Morgan fingerprint density at radius 3 is 2.60 bits per heavy atom. The first-order valence-corrected chi connectivity index (χ1v) is 5.73. The predicted molar refractivity (Wildman–Crippen MR) is 64.1 cm³/mol. The fraction of sp³-hybridized carbons (Fsp3) is 0.500. The molecule has 0 bridgehead atoms. The van der Waals surface area contributed by atoms with E-state index in [0.717, 1.165) is 31.0 Å². The van der Waals surface area contributed by atoms with E-state index in [0.29, 0.717) is 0 Å². The van der Waals surface area contributed by atoms with Crippen LogP contribution in [0.3, 0.4) is 0 Å². The molecule has 0 aliphatic rings. The van der Waals surface area contributed by atoms with E-state index in [4.69, 9.17) is 11.6 Å². The van der Waals surface area contributed by atoms with Crippen molar-refractivity contribution in [3.63, 3.8) is 0 Å². The minimum absolute atomic E-state index is 0.178. The zero-order valence-electron chi connectivity index (χ0n) is 9.04. The van der Waals surface area contributed by atoms with Crippen molar-refractivity contribution in [3.05, 3.63) is 34.9 Å². The second-order valence-electron chi connectivity index (χ2n) is 3.65. The first-order valence-electron chi connectivity index (χ1n) is 5.35. The van der Waals surface area contributed by atoms with Crippen LogP contribution < -0.4 is 5.32 Å². The third-order valence-electron chi connectivity index (χ3n) is 2.37. The molecule has 1 aromatic carbocycles. The van der Waals surface area contributed by atoms with Crippen LogP contribution in [0.5, 0.6) is 0 Å². The zero-order valence-corrected chi connectivity index (χ0v) is 9.80. The summed E-state index contributed by atoms with van der Waals surface area (Å²) in [5.74, 6) is 0. The van der Waals surface area contributed by atoms with Crippen molar-refractivity contribution in [2.75, 3.05) is 6.54 Å². The van der Waals surface area contributed by atoms with Gasteiger partial charge in [0, 0.05) is 11.6 Å². The Kier molecular flexibility index (Phi) is 5.69. The molecule has 0 spiro atoms. The molecule has 0 fully saturated rings. The van der Waals surface area contributed by atoms with Crippen LogP contribution in [0.2, 0.25) is 5.02 Å². The maximum atomic E-state index is 9.33. The van der Waals surface area contributed by atoms with Gasteiger partial charge in [0.1, 0.15) is 0 Å². The topological polar surface area (TPSA) is 32.3 Å². The van der Waals surface area contributed by atoms with E-state index in [1.165, 1.54) is 5.56 Å². The molecule has 0 heterocycles. The highest BCUT2D eigenvalue weighted by Crippen LogP contribution is 2.09. The Morgan fingerprint density at radius 1 is 1.33 bits per heavy atom. The van der Waals surface area contributed by atoms with Gasteiger partial charge >= 0.3 is 0 Å². The maximum Gasteiger partial charge on any atom is 0.0549 e. The van der Waals surface area contributed by atoms with Crippen LogP contribution in [0.1, 0.15) is 25.3 Å². The predicted octanol–water partition coefficient (Wildman–Crippen LogP) is 2.59. The number of hydrogen-bond acceptors (Lipinski definition) is 2. The molecule has 1 rings (SSSR count). The van der Waals surface area contributed by atoms with Gasteiger partial charge in [0.25, 0.3) is 0 Å². The van der Waals surface area contributed by atoms with E-state index in [1.807, 2.05) is 31.2 Å². The summed E-state index contributed by atoms with van der Waals surface area (Å²) in [7, 11) is 0. The quantitative estimate of drug-likeness (QED) is 0.733. The number of halogens is 1. The molecule has 1 unspecified atom stereocenters. The monoisotopic (exact) mass is 227 g/mol. The molecule has 0 aromatic heterocycles. The van der Waals surface area contributed by atoms with Crippen LogP contribution in [0.15, 0.2) is 24.3 Å². The van der Waals surface area contributed by atoms with E-state index < -0.39 is 0 Å². The average Bonchev–Trinajstić information content (AvgIpc) is 2.26. The molecule has 2 nitrogen and oxygen atoms in total. The van der Waals surface area contributed by atoms with Crippen molar-refractivity contribution < 1.29 is 5.11 Å². The zero-order chi connectivity index (χ0) is 11.1. The number of nitrogens with one attached hydrogen (secondary N) is 1. The number of rotatable bonds is 6. The lowest BCUT2D eigenvalue weighted by atomic mass is 10.2. The molecule has 0 aliphatic heterocycles. The molecule has 0 amide bonds. The van der Waals surface area contributed by atoms with E-state index in [9.17, 15) is 5.11 Å². The maximum absolute atomic E-state index is 9.33. The largest absolute Gasteiger partial charge is 0.393 e. The van der Waals surface area contributed by atoms with Crippen LogP contribution in [-0.2, 0) is 6.54 Å². The molecule has 15 heavy (non-hydrogen) atoms. The highest BCUT2D eigenvalue weighted by atomic mass is 35.5. The van der Waals surface area contributed by atoms with E-state index in [1.54, 1.807) is 0 Å². The molecular formula is C12H18ClNO. The summed E-state index contributed by atoms with van der Waals surface area (Å²) in [5, 5.41) is 13.4. The third-order valence-corrected chi connectivity index (χ3v) is 2.62. The summed E-state index contributed by atoms with van der Waals surface area (Å²) in [6.07, 6.45) is 1.45. The average molecular weight is 228 g/mol. The van der Waals surface area contributed by atoms with Crippen molar-refractivity contribution in [2.45, 2.75) is 32.4 Å². The Hall–Kier alpha value is -0.570. The first kappa shape index (κ1) is 12.5. The minimum Gasteiger partial charge on any atom is -0.393 e. The number of aliphatic hydroxyl groups excluding tert-OH is 1. The summed E-state index contributed by atoms with van der Waals surface area (Å²) < 4.78 is 0. The van der Waals surface area contributed by atoms with E-state index in [-0.39, 0.29) is 6.10 Å². The van der Waals surface area contributed by atoms with Crippen molar-refractivity contribution in [2.24, 2.45) is 0 Å². The number of benzene rings is 1. The van der Waals surface area contributed by atoms with Gasteiger partial charge < -0.3 is 10.4 Å².